The number of hydrogen-bond donors (Lipinski definition) is 2. The van der Waals surface area contributed by atoms with Gasteiger partial charge in [-0.25, -0.2) is 0 Å². The molecule has 0 radical (unpaired) electrons. The van der Waals surface area contributed by atoms with E-state index in [1.54, 1.807) is 10.8 Å². The summed E-state index contributed by atoms with van der Waals surface area (Å²) in [6, 6.07) is 2.89. The Morgan fingerprint density at radius 1 is 1.34 bits per heavy atom. The van der Waals surface area contributed by atoms with Crippen molar-refractivity contribution < 1.29 is 21.6 Å². The van der Waals surface area contributed by atoms with Gasteiger partial charge in [0.25, 0.3) is 5.13 Å². The highest BCUT2D eigenvalue weighted by molar-refractivity contribution is 7.93. The summed E-state index contributed by atoms with van der Waals surface area (Å²) in [5.74, 6) is 0.338. The molecule has 29 heavy (non-hydrogen) atoms. The minimum atomic E-state index is -5.61. The highest BCUT2D eigenvalue weighted by Crippen LogP contribution is 2.38. The van der Waals surface area contributed by atoms with Crippen molar-refractivity contribution in [3.05, 3.63) is 28.8 Å². The first-order chi connectivity index (χ1) is 13.6. The van der Waals surface area contributed by atoms with Gasteiger partial charge in [-0.15, -0.1) is 20.4 Å². The summed E-state index contributed by atoms with van der Waals surface area (Å²) < 4.78 is 63.7. The number of azo groups is 1. The van der Waals surface area contributed by atoms with E-state index in [0.29, 0.717) is 18.9 Å². The first kappa shape index (κ1) is 21.6. The molecule has 8 nitrogen and oxygen atoms in total. The molecule has 2 N–H and O–H groups in total. The Morgan fingerprint density at radius 3 is 2.72 bits per heavy atom. The quantitative estimate of drug-likeness (QED) is 0.635. The maximum Gasteiger partial charge on any atom is 0.516 e. The molecule has 1 aromatic heterocycles. The van der Waals surface area contributed by atoms with Gasteiger partial charge in [0.05, 0.1) is 5.69 Å². The molecular weight excluding hydrogens is 429 g/mol. The first-order valence-corrected chi connectivity index (χ1v) is 11.1. The van der Waals surface area contributed by atoms with Crippen LogP contribution in [-0.2, 0) is 16.4 Å². The lowest BCUT2D eigenvalue weighted by Gasteiger charge is -2.29. The van der Waals surface area contributed by atoms with E-state index in [1.165, 1.54) is 11.6 Å². The summed E-state index contributed by atoms with van der Waals surface area (Å²) in [5.41, 5.74) is -2.69. The zero-order chi connectivity index (χ0) is 21.2. The lowest BCUT2D eigenvalue weighted by Crippen LogP contribution is -2.32. The van der Waals surface area contributed by atoms with E-state index in [1.807, 2.05) is 13.8 Å². The largest absolute Gasteiger partial charge is 0.516 e. The van der Waals surface area contributed by atoms with Crippen molar-refractivity contribution in [2.45, 2.75) is 38.2 Å². The van der Waals surface area contributed by atoms with Crippen LogP contribution in [-0.4, -0.2) is 30.7 Å². The Kier molecular flexibility index (Phi) is 6.19. The third-order valence-electron chi connectivity index (χ3n) is 4.27. The summed E-state index contributed by atoms with van der Waals surface area (Å²) in [5, 5.41) is 18.6. The lowest BCUT2D eigenvalue weighted by atomic mass is 9.88. The van der Waals surface area contributed by atoms with Crippen LogP contribution in [0.15, 0.2) is 27.9 Å². The Bertz CT molecular complexity index is 991. The molecule has 0 bridgehead atoms. The normalized spacial score (nSPS) is 17.7. The van der Waals surface area contributed by atoms with Crippen molar-refractivity contribution in [3.63, 3.8) is 0 Å². The molecule has 2 heterocycles. The second-order valence-electron chi connectivity index (χ2n) is 6.93. The van der Waals surface area contributed by atoms with Gasteiger partial charge in [0.2, 0.25) is 0 Å². The molecule has 0 spiro atoms. The van der Waals surface area contributed by atoms with Gasteiger partial charge in [-0.3, -0.25) is 4.72 Å². The fraction of sp³-hybridized carbons (Fsp3) is 0.500. The molecule has 3 rings (SSSR count). The molecule has 13 heteroatoms. The molecule has 0 saturated carbocycles. The molecule has 1 atom stereocenters. The van der Waals surface area contributed by atoms with Crippen molar-refractivity contribution in [3.8, 4) is 0 Å². The number of fused-ring (bicyclic) bond motifs is 1. The van der Waals surface area contributed by atoms with Crippen LogP contribution in [0.3, 0.4) is 0 Å². The van der Waals surface area contributed by atoms with E-state index in [2.05, 4.69) is 25.7 Å². The van der Waals surface area contributed by atoms with Gasteiger partial charge in [-0.05, 0) is 48.6 Å². The lowest BCUT2D eigenvalue weighted by molar-refractivity contribution is -0.0429. The van der Waals surface area contributed by atoms with Crippen LogP contribution in [0.4, 0.5) is 29.7 Å². The number of rotatable bonds is 6. The third-order valence-corrected chi connectivity index (χ3v) is 5.94. The zero-order valence-electron chi connectivity index (χ0n) is 15.6. The summed E-state index contributed by atoms with van der Waals surface area (Å²) in [6.07, 6.45) is 1.39. The van der Waals surface area contributed by atoms with Gasteiger partial charge >= 0.3 is 15.5 Å². The average Bonchev–Trinajstić information content (AvgIpc) is 3.12. The monoisotopic (exact) mass is 448 g/mol. The summed E-state index contributed by atoms with van der Waals surface area (Å²) >= 11 is 1.09. The maximum atomic E-state index is 12.9. The van der Waals surface area contributed by atoms with Crippen LogP contribution in [0.2, 0.25) is 0 Å². The summed E-state index contributed by atoms with van der Waals surface area (Å²) in [7, 11) is -5.61. The van der Waals surface area contributed by atoms with Gasteiger partial charge in [-0.1, -0.05) is 25.2 Å². The van der Waals surface area contributed by atoms with Crippen molar-refractivity contribution >= 4 is 37.9 Å². The fourth-order valence-electron chi connectivity index (χ4n) is 3.04. The molecule has 158 valence electrons. The van der Waals surface area contributed by atoms with Crippen LogP contribution in [0.25, 0.3) is 0 Å². The standard InChI is InChI=1S/C16H19F3N6O2S2/c1-9(2)5-12-11-7-14(25-29(26,27)16(17,18)19)13(6-10(11)3-4-20-12)22-24-15-23-21-8-28-15/h6-9,12,20,25H,3-5H2,1-2H3. The number of alkyl halides is 3. The Hall–Kier alpha value is -2.12. The topological polar surface area (TPSA) is 109 Å². The van der Waals surface area contributed by atoms with Gasteiger partial charge in [0.1, 0.15) is 11.2 Å². The van der Waals surface area contributed by atoms with Crippen molar-refractivity contribution in [1.29, 1.82) is 0 Å². The van der Waals surface area contributed by atoms with E-state index in [-0.39, 0.29) is 22.5 Å². The molecule has 0 amide bonds. The highest BCUT2D eigenvalue weighted by atomic mass is 32.2. The Balaban J connectivity index is 2.06. The van der Waals surface area contributed by atoms with E-state index in [0.717, 1.165) is 28.9 Å². The van der Waals surface area contributed by atoms with Crippen LogP contribution in [0.1, 0.15) is 37.4 Å². The third kappa shape index (κ3) is 5.08. The van der Waals surface area contributed by atoms with Crippen LogP contribution in [0, 0.1) is 5.92 Å². The van der Waals surface area contributed by atoms with Crippen LogP contribution < -0.4 is 10.0 Å². The molecule has 1 aliphatic heterocycles. The predicted octanol–water partition coefficient (Wildman–Crippen LogP) is 4.45. The molecule has 0 aliphatic carbocycles. The van der Waals surface area contributed by atoms with Crippen molar-refractivity contribution in [1.82, 2.24) is 15.5 Å². The fourth-order valence-corrected chi connectivity index (χ4v) is 3.98. The molecule has 1 unspecified atom stereocenters. The van der Waals surface area contributed by atoms with Gasteiger partial charge < -0.3 is 5.32 Å². The summed E-state index contributed by atoms with van der Waals surface area (Å²) in [4.78, 5) is 0. The Labute approximate surface area is 169 Å². The molecule has 1 aliphatic rings. The second kappa shape index (κ2) is 8.32. The van der Waals surface area contributed by atoms with E-state index in [9.17, 15) is 21.6 Å². The predicted molar refractivity (Wildman–Crippen MR) is 103 cm³/mol. The van der Waals surface area contributed by atoms with Gasteiger partial charge in [-0.2, -0.15) is 21.6 Å². The molecule has 2 aromatic rings. The first-order valence-electron chi connectivity index (χ1n) is 8.74. The number of nitrogens with zero attached hydrogens (tertiary/aromatic N) is 4. The minimum absolute atomic E-state index is 0.0167. The minimum Gasteiger partial charge on any atom is -0.310 e. The number of sulfonamides is 1. The number of hydrogen-bond acceptors (Lipinski definition) is 8. The molecule has 1 aromatic carbocycles. The number of halogens is 3. The smallest absolute Gasteiger partial charge is 0.310 e. The number of benzene rings is 1. The van der Waals surface area contributed by atoms with E-state index >= 15 is 0 Å². The SMILES string of the molecule is CC(C)CC1NCCc2cc(N=Nc3nncs3)c(NS(=O)(=O)C(F)(F)F)cc21. The number of nitrogens with one attached hydrogen (secondary N) is 2. The van der Waals surface area contributed by atoms with Crippen molar-refractivity contribution in [2.24, 2.45) is 16.1 Å². The van der Waals surface area contributed by atoms with Crippen LogP contribution in [0.5, 0.6) is 0 Å². The molecular formula is C16H19F3N6O2S2. The van der Waals surface area contributed by atoms with Gasteiger partial charge in [0, 0.05) is 6.04 Å². The van der Waals surface area contributed by atoms with E-state index < -0.39 is 15.5 Å². The molecule has 0 saturated heterocycles. The van der Waals surface area contributed by atoms with Gasteiger partial charge in [0.15, 0.2) is 0 Å². The number of anilines is 1. The average molecular weight is 448 g/mol. The van der Waals surface area contributed by atoms with Crippen LogP contribution >= 0.6 is 11.3 Å². The Morgan fingerprint density at radius 2 is 2.10 bits per heavy atom. The molecule has 0 fully saturated rings. The van der Waals surface area contributed by atoms with Crippen molar-refractivity contribution in [2.75, 3.05) is 11.3 Å². The summed E-state index contributed by atoms with van der Waals surface area (Å²) in [6.45, 7) is 4.77. The van der Waals surface area contributed by atoms with E-state index in [4.69, 9.17) is 0 Å². The second-order valence-corrected chi connectivity index (χ2v) is 9.41. The zero-order valence-corrected chi connectivity index (χ0v) is 17.2. The maximum absolute atomic E-state index is 12.9. The number of aromatic nitrogens is 2. The highest BCUT2D eigenvalue weighted by Gasteiger charge is 2.46.